The van der Waals surface area contributed by atoms with Gasteiger partial charge < -0.3 is 14.7 Å². The number of amides is 1. The van der Waals surface area contributed by atoms with Crippen LogP contribution in [0, 0.1) is 12.3 Å². The summed E-state index contributed by atoms with van der Waals surface area (Å²) in [5.41, 5.74) is -3.39. The largest absolute Gasteiger partial charge is 0.481 e. The zero-order valence-corrected chi connectivity index (χ0v) is 25.7. The zero-order valence-electron chi connectivity index (χ0n) is 24.2. The minimum atomic E-state index is -4.94. The number of aromatic nitrogens is 2. The van der Waals surface area contributed by atoms with Gasteiger partial charge in [-0.1, -0.05) is 23.2 Å². The number of alkyl halides is 3. The van der Waals surface area contributed by atoms with Crippen molar-refractivity contribution in [2.75, 3.05) is 13.1 Å². The maximum atomic E-state index is 14.6. The van der Waals surface area contributed by atoms with E-state index < -0.39 is 58.7 Å². The predicted molar refractivity (Wildman–Crippen MR) is 153 cm³/mol. The van der Waals surface area contributed by atoms with Crippen molar-refractivity contribution in [1.29, 1.82) is 0 Å². The van der Waals surface area contributed by atoms with Crippen molar-refractivity contribution >= 4 is 40.9 Å². The summed E-state index contributed by atoms with van der Waals surface area (Å²) in [5, 5.41) is 13.7. The van der Waals surface area contributed by atoms with Gasteiger partial charge in [0.05, 0.1) is 63.1 Å². The highest BCUT2D eigenvalue weighted by Gasteiger charge is 2.54. The van der Waals surface area contributed by atoms with Gasteiger partial charge >= 0.3 is 12.1 Å². The summed E-state index contributed by atoms with van der Waals surface area (Å²) in [4.78, 5) is 40.4. The molecule has 3 heterocycles. The Labute approximate surface area is 257 Å². The number of ether oxygens (including phenoxy) is 1. The second kappa shape index (κ2) is 11.1. The van der Waals surface area contributed by atoms with Crippen LogP contribution in [-0.4, -0.2) is 61.7 Å². The molecule has 2 saturated heterocycles. The second-order valence-electron chi connectivity index (χ2n) is 12.9. The Balaban J connectivity index is 1.49. The van der Waals surface area contributed by atoms with Crippen LogP contribution in [0.1, 0.15) is 103 Å². The number of carbonyl (C=O) groups is 3. The van der Waals surface area contributed by atoms with E-state index in [4.69, 9.17) is 27.9 Å². The van der Waals surface area contributed by atoms with Crippen molar-refractivity contribution in [1.82, 2.24) is 14.7 Å². The van der Waals surface area contributed by atoms with Gasteiger partial charge in [0.25, 0.3) is 5.91 Å². The van der Waals surface area contributed by atoms with Crippen molar-refractivity contribution in [3.8, 4) is 0 Å². The van der Waals surface area contributed by atoms with Gasteiger partial charge in [-0.3, -0.25) is 19.1 Å². The van der Waals surface area contributed by atoms with Crippen LogP contribution in [-0.2, 0) is 15.7 Å². The molecule has 1 aliphatic carbocycles. The maximum Gasteiger partial charge on any atom is 0.433 e. The van der Waals surface area contributed by atoms with Gasteiger partial charge in [-0.05, 0) is 89.8 Å². The van der Waals surface area contributed by atoms with Crippen molar-refractivity contribution in [3.05, 3.63) is 50.8 Å². The molecule has 1 amide bonds. The number of benzene rings is 1. The van der Waals surface area contributed by atoms with Crippen LogP contribution in [0.15, 0.2) is 18.3 Å². The molecule has 0 radical (unpaired) electrons. The van der Waals surface area contributed by atoms with Gasteiger partial charge in [0.1, 0.15) is 0 Å². The Morgan fingerprint density at radius 2 is 1.65 bits per heavy atom. The van der Waals surface area contributed by atoms with E-state index >= 15 is 0 Å². The highest BCUT2D eigenvalue weighted by Crippen LogP contribution is 2.51. The Bertz CT molecular complexity index is 1430. The van der Waals surface area contributed by atoms with Gasteiger partial charge in [-0.15, -0.1) is 0 Å². The van der Waals surface area contributed by atoms with E-state index in [0.29, 0.717) is 12.8 Å². The summed E-state index contributed by atoms with van der Waals surface area (Å²) >= 11 is 12.7. The normalized spacial score (nSPS) is 28.7. The van der Waals surface area contributed by atoms with Crippen LogP contribution in [0.25, 0.3) is 0 Å². The van der Waals surface area contributed by atoms with Gasteiger partial charge in [0.2, 0.25) is 0 Å². The molecule has 234 valence electrons. The van der Waals surface area contributed by atoms with Crippen LogP contribution >= 0.6 is 23.2 Å². The number of aliphatic carboxylic acids is 1. The first-order valence-electron chi connectivity index (χ1n) is 14.3. The first-order chi connectivity index (χ1) is 20.0. The zero-order chi connectivity index (χ0) is 31.5. The third-order valence-corrected chi connectivity index (χ3v) is 10.1. The Morgan fingerprint density at radius 1 is 1.07 bits per heavy atom. The number of nitrogens with zero attached hydrogens (tertiary/aromatic N) is 3. The molecular weight excluding hydrogens is 610 g/mol. The summed E-state index contributed by atoms with van der Waals surface area (Å²) in [6.45, 7) is 4.65. The van der Waals surface area contributed by atoms with E-state index in [1.165, 1.54) is 0 Å². The van der Waals surface area contributed by atoms with Gasteiger partial charge in [0.15, 0.2) is 11.5 Å². The second-order valence-corrected chi connectivity index (χ2v) is 13.7. The average Bonchev–Trinajstić information content (AvgIpc) is 3.58. The van der Waals surface area contributed by atoms with Crippen LogP contribution in [0.5, 0.6) is 0 Å². The molecule has 2 bridgehead atoms. The quantitative estimate of drug-likeness (QED) is 0.307. The molecule has 0 unspecified atom stereocenters. The van der Waals surface area contributed by atoms with E-state index in [2.05, 4.69) is 5.10 Å². The molecule has 1 aromatic carbocycles. The number of carbonyl (C=O) groups excluding carboxylic acids is 2. The van der Waals surface area contributed by atoms with Crippen LogP contribution in [0.4, 0.5) is 13.2 Å². The number of halogens is 5. The van der Waals surface area contributed by atoms with Crippen LogP contribution in [0.2, 0.25) is 10.0 Å². The highest BCUT2D eigenvalue weighted by atomic mass is 35.5. The number of ketones is 1. The predicted octanol–water partition coefficient (Wildman–Crippen LogP) is 7.15. The number of aryl methyl sites for hydroxylation is 1. The number of fused-ring (bicyclic) bond motifs is 2. The third kappa shape index (κ3) is 6.04. The van der Waals surface area contributed by atoms with Gasteiger partial charge in [-0.2, -0.15) is 18.3 Å². The SMILES string of the molecule is Cc1cc(Cl)c(C(=O)CN(CC23CCC(C)(CC2)O3)C(=O)c2cnn(C3CCC(C)(C(=O)O)CC3)c2C(F)(F)F)c(Cl)c1. The lowest BCUT2D eigenvalue weighted by Gasteiger charge is -2.35. The summed E-state index contributed by atoms with van der Waals surface area (Å²) in [5.74, 6) is -2.61. The summed E-state index contributed by atoms with van der Waals surface area (Å²) in [6, 6.07) is 2.37. The van der Waals surface area contributed by atoms with Crippen molar-refractivity contribution in [3.63, 3.8) is 0 Å². The lowest BCUT2D eigenvalue weighted by Crippen LogP contribution is -2.47. The van der Waals surface area contributed by atoms with E-state index in [1.807, 2.05) is 6.92 Å². The molecular formula is C30H34Cl2F3N3O5. The monoisotopic (exact) mass is 643 g/mol. The summed E-state index contributed by atoms with van der Waals surface area (Å²) < 4.78 is 51.0. The Kier molecular flexibility index (Phi) is 8.18. The molecule has 3 fully saturated rings. The average molecular weight is 645 g/mol. The van der Waals surface area contributed by atoms with Crippen molar-refractivity contribution in [2.45, 2.75) is 95.6 Å². The molecule has 43 heavy (non-hydrogen) atoms. The smallest absolute Gasteiger partial charge is 0.433 e. The Morgan fingerprint density at radius 3 is 2.14 bits per heavy atom. The molecule has 1 saturated carbocycles. The number of hydrogen-bond acceptors (Lipinski definition) is 5. The van der Waals surface area contributed by atoms with Crippen molar-refractivity contribution in [2.24, 2.45) is 5.41 Å². The number of carboxylic acid groups (broad SMARTS) is 1. The lowest BCUT2D eigenvalue weighted by atomic mass is 9.74. The minimum absolute atomic E-state index is 0.0109. The van der Waals surface area contributed by atoms with E-state index in [0.717, 1.165) is 34.2 Å². The molecule has 13 heteroatoms. The molecule has 8 nitrogen and oxygen atoms in total. The number of hydrogen-bond donors (Lipinski definition) is 1. The fourth-order valence-electron chi connectivity index (χ4n) is 6.86. The standard InChI is InChI=1S/C30H34Cl2F3N3O5/c1-17-12-20(31)23(21(32)13-17)22(39)15-37(16-29-10-8-28(3,43-29)9-11-29)25(40)19-14-36-38(24(19)30(33,34)35)18-4-6-27(2,7-5-18)26(41)42/h12-14,18H,4-11,15-16H2,1-3H3,(H,41,42). The molecule has 0 atom stereocenters. The molecule has 0 spiro atoms. The molecule has 1 aromatic heterocycles. The number of rotatable bonds is 8. The number of carboxylic acids is 1. The van der Waals surface area contributed by atoms with Crippen molar-refractivity contribution < 1.29 is 37.4 Å². The topological polar surface area (TPSA) is 102 Å². The van der Waals surface area contributed by atoms with Gasteiger partial charge in [-0.25, -0.2) is 0 Å². The molecule has 5 rings (SSSR count). The maximum absolute atomic E-state index is 14.6. The van der Waals surface area contributed by atoms with Crippen LogP contribution < -0.4 is 0 Å². The fourth-order valence-corrected chi connectivity index (χ4v) is 7.67. The minimum Gasteiger partial charge on any atom is -0.481 e. The van der Waals surface area contributed by atoms with E-state index in [9.17, 15) is 32.7 Å². The Hall–Kier alpha value is -2.63. The van der Waals surface area contributed by atoms with Crippen LogP contribution in [0.3, 0.4) is 0 Å². The van der Waals surface area contributed by atoms with Gasteiger partial charge in [0, 0.05) is 0 Å². The first kappa shape index (κ1) is 31.8. The molecule has 1 N–H and O–H groups in total. The molecule has 2 aliphatic heterocycles. The molecule has 2 aromatic rings. The highest BCUT2D eigenvalue weighted by molar-refractivity contribution is 6.40. The summed E-state index contributed by atoms with van der Waals surface area (Å²) in [6.07, 6.45) is -0.717. The summed E-state index contributed by atoms with van der Waals surface area (Å²) in [7, 11) is 0. The van der Waals surface area contributed by atoms with E-state index in [-0.39, 0.29) is 53.4 Å². The lowest BCUT2D eigenvalue weighted by molar-refractivity contribution is -0.152. The third-order valence-electron chi connectivity index (χ3n) is 9.46. The van der Waals surface area contributed by atoms with E-state index in [1.54, 1.807) is 26.0 Å². The molecule has 3 aliphatic rings. The fraction of sp³-hybridized carbons (Fsp3) is 0.600. The first-order valence-corrected chi connectivity index (χ1v) is 15.1. The number of Topliss-reactive ketones (excluding diaryl/α,β-unsaturated/α-hetero) is 1.